The van der Waals surface area contributed by atoms with Crippen molar-refractivity contribution in [2.75, 3.05) is 13.2 Å². The number of hydrogen-bond acceptors (Lipinski definition) is 6. The summed E-state index contributed by atoms with van der Waals surface area (Å²) in [5, 5.41) is 0. The first-order valence-electron chi connectivity index (χ1n) is 34.2. The predicted molar refractivity (Wildman–Crippen MR) is 357 cm³/mol. The van der Waals surface area contributed by atoms with Crippen molar-refractivity contribution in [3.05, 3.63) is 134 Å². The van der Waals surface area contributed by atoms with Crippen molar-refractivity contribution in [2.45, 2.75) is 316 Å². The molecule has 0 saturated heterocycles. The Kier molecular flexibility index (Phi) is 65.3. The molecule has 0 spiro atoms. The smallest absolute Gasteiger partial charge is 0.306 e. The number of hydrogen-bond donors (Lipinski definition) is 0. The lowest BCUT2D eigenvalue weighted by Crippen LogP contribution is -2.30. The van der Waals surface area contributed by atoms with Crippen molar-refractivity contribution in [1.29, 1.82) is 0 Å². The highest BCUT2D eigenvalue weighted by molar-refractivity contribution is 5.71. The van der Waals surface area contributed by atoms with Crippen LogP contribution in [0.25, 0.3) is 0 Å². The third-order valence-corrected chi connectivity index (χ3v) is 14.4. The molecule has 0 aromatic carbocycles. The summed E-state index contributed by atoms with van der Waals surface area (Å²) in [5.41, 5.74) is 0. The molecule has 0 radical (unpaired) electrons. The Morgan fingerprint density at radius 1 is 0.256 bits per heavy atom. The van der Waals surface area contributed by atoms with Crippen molar-refractivity contribution < 1.29 is 28.6 Å². The van der Waals surface area contributed by atoms with Crippen LogP contribution in [0.4, 0.5) is 0 Å². The molecule has 0 aromatic heterocycles. The zero-order valence-corrected chi connectivity index (χ0v) is 53.5. The van der Waals surface area contributed by atoms with Gasteiger partial charge >= 0.3 is 17.9 Å². The van der Waals surface area contributed by atoms with Crippen LogP contribution in [0.15, 0.2) is 134 Å². The quantitative estimate of drug-likeness (QED) is 0.0261. The Hall–Kier alpha value is -4.45. The first-order valence-corrected chi connectivity index (χ1v) is 34.2. The lowest BCUT2D eigenvalue weighted by atomic mass is 10.1. The van der Waals surface area contributed by atoms with Gasteiger partial charge in [0.15, 0.2) is 6.10 Å². The maximum Gasteiger partial charge on any atom is 0.306 e. The Morgan fingerprint density at radius 2 is 0.476 bits per heavy atom. The summed E-state index contributed by atoms with van der Waals surface area (Å²) in [7, 11) is 0. The molecule has 0 N–H and O–H groups in total. The molecule has 0 fully saturated rings. The number of esters is 3. The largest absolute Gasteiger partial charge is 0.462 e. The van der Waals surface area contributed by atoms with E-state index in [1.54, 1.807) is 0 Å². The third-order valence-electron chi connectivity index (χ3n) is 14.4. The molecule has 0 aromatic rings. The Morgan fingerprint density at radius 3 is 0.756 bits per heavy atom. The lowest BCUT2D eigenvalue weighted by Gasteiger charge is -2.18. The van der Waals surface area contributed by atoms with E-state index in [0.29, 0.717) is 19.3 Å². The lowest BCUT2D eigenvalue weighted by molar-refractivity contribution is -0.167. The molecule has 1 atom stereocenters. The molecule has 0 heterocycles. The number of ether oxygens (including phenoxy) is 3. The monoisotopic (exact) mass is 1130 g/mol. The van der Waals surface area contributed by atoms with Crippen molar-refractivity contribution in [3.8, 4) is 0 Å². The summed E-state index contributed by atoms with van der Waals surface area (Å²) < 4.78 is 16.9. The zero-order valence-electron chi connectivity index (χ0n) is 53.5. The van der Waals surface area contributed by atoms with Crippen LogP contribution in [-0.2, 0) is 28.6 Å². The first-order chi connectivity index (χ1) is 40.5. The summed E-state index contributed by atoms with van der Waals surface area (Å²) in [6, 6.07) is 0. The molecular formula is C76H126O6. The van der Waals surface area contributed by atoms with Crippen LogP contribution in [0.2, 0.25) is 0 Å². The minimum Gasteiger partial charge on any atom is -0.462 e. The van der Waals surface area contributed by atoms with Gasteiger partial charge < -0.3 is 14.2 Å². The topological polar surface area (TPSA) is 78.9 Å². The van der Waals surface area contributed by atoms with Gasteiger partial charge in [0.25, 0.3) is 0 Å². The van der Waals surface area contributed by atoms with Gasteiger partial charge in [-0.05, 0) is 141 Å². The van der Waals surface area contributed by atoms with Gasteiger partial charge in [-0.2, -0.15) is 0 Å². The molecule has 466 valence electrons. The maximum absolute atomic E-state index is 12.9. The fourth-order valence-corrected chi connectivity index (χ4v) is 9.25. The average Bonchev–Trinajstić information content (AvgIpc) is 3.47. The van der Waals surface area contributed by atoms with E-state index in [4.69, 9.17) is 14.2 Å². The van der Waals surface area contributed by atoms with E-state index in [1.165, 1.54) is 128 Å². The molecule has 0 aliphatic heterocycles. The van der Waals surface area contributed by atoms with E-state index >= 15 is 0 Å². The van der Waals surface area contributed by atoms with E-state index < -0.39 is 6.10 Å². The minimum atomic E-state index is -0.799. The second-order valence-electron chi connectivity index (χ2n) is 22.3. The third kappa shape index (κ3) is 66.4. The summed E-state index contributed by atoms with van der Waals surface area (Å²) in [6.45, 7) is 6.49. The second kappa shape index (κ2) is 69.0. The van der Waals surface area contributed by atoms with Crippen LogP contribution in [0.1, 0.15) is 310 Å². The highest BCUT2D eigenvalue weighted by Gasteiger charge is 2.19. The van der Waals surface area contributed by atoms with Gasteiger partial charge in [-0.15, -0.1) is 0 Å². The molecule has 6 heteroatoms. The molecule has 0 rings (SSSR count). The molecule has 0 aliphatic rings. The Balaban J connectivity index is 4.40. The molecule has 6 nitrogen and oxygen atoms in total. The van der Waals surface area contributed by atoms with Gasteiger partial charge in [0.1, 0.15) is 13.2 Å². The van der Waals surface area contributed by atoms with Gasteiger partial charge in [0, 0.05) is 19.3 Å². The summed E-state index contributed by atoms with van der Waals surface area (Å²) in [5.74, 6) is -0.920. The fraction of sp³-hybridized carbons (Fsp3) is 0.671. The van der Waals surface area contributed by atoms with Gasteiger partial charge in [-0.3, -0.25) is 14.4 Å². The number of allylic oxidation sites excluding steroid dienone is 22. The number of rotatable bonds is 61. The maximum atomic E-state index is 12.9. The molecule has 0 bridgehead atoms. The molecular weight excluding hydrogens is 1010 g/mol. The van der Waals surface area contributed by atoms with Crippen LogP contribution >= 0.6 is 0 Å². The molecule has 0 saturated carbocycles. The summed E-state index contributed by atoms with van der Waals surface area (Å²) >= 11 is 0. The van der Waals surface area contributed by atoms with Gasteiger partial charge in [-0.1, -0.05) is 283 Å². The van der Waals surface area contributed by atoms with E-state index in [2.05, 4.69) is 154 Å². The van der Waals surface area contributed by atoms with E-state index in [0.717, 1.165) is 141 Å². The second-order valence-corrected chi connectivity index (χ2v) is 22.3. The molecule has 1 unspecified atom stereocenters. The number of unbranched alkanes of at least 4 members (excludes halogenated alkanes) is 28. The first kappa shape index (κ1) is 77.5. The summed E-state index contributed by atoms with van der Waals surface area (Å²) in [4.78, 5) is 38.4. The molecule has 0 aliphatic carbocycles. The van der Waals surface area contributed by atoms with Gasteiger partial charge in [-0.25, -0.2) is 0 Å². The minimum absolute atomic E-state index is 0.0938. The number of carbonyl (C=O) groups excluding carboxylic acids is 3. The average molecular weight is 1140 g/mol. The van der Waals surface area contributed by atoms with E-state index in [-0.39, 0.29) is 31.1 Å². The van der Waals surface area contributed by atoms with Crippen LogP contribution in [0, 0.1) is 0 Å². The van der Waals surface area contributed by atoms with Gasteiger partial charge in [0.05, 0.1) is 0 Å². The van der Waals surface area contributed by atoms with Crippen molar-refractivity contribution in [1.82, 2.24) is 0 Å². The molecule has 82 heavy (non-hydrogen) atoms. The molecule has 0 amide bonds. The normalized spacial score (nSPS) is 13.0. The Labute approximate surface area is 506 Å². The van der Waals surface area contributed by atoms with Crippen LogP contribution in [0.5, 0.6) is 0 Å². The highest BCUT2D eigenvalue weighted by Crippen LogP contribution is 2.15. The van der Waals surface area contributed by atoms with E-state index in [9.17, 15) is 14.4 Å². The number of carbonyl (C=O) groups is 3. The SMILES string of the molecule is CC/C=C\C/C=C\C/C=C\C/C=C\C/C=C\C/C=C\C/C=C\CCCCCCCCCC(=O)OCC(COC(=O)CCCCCCC/C=C\CCCCCCC)OC(=O)CCCCCCCC/C=C\C/C=C\C/C=C\CCCCCCC. The van der Waals surface area contributed by atoms with Crippen molar-refractivity contribution in [3.63, 3.8) is 0 Å². The standard InChI is InChI=1S/C76H126O6/c1-4-7-10-13-16-19-22-25-28-30-32-34-35-36-37-38-39-40-41-43-44-46-48-51-54-57-60-63-66-69-75(78)81-72-73(71-80-74(77)68-65-62-59-56-53-50-27-24-21-18-15-12-9-6-3)82-76(79)70-67-64-61-58-55-52-49-47-45-42-33-31-29-26-23-20-17-14-11-8-5-2/h7,10,16,19,23-28,31-34,36-37,39-40,43-45,47,73H,4-6,8-9,11-15,17-18,20-22,29-30,35,38,41-42,46,48-72H2,1-3H3/b10-7-,19-16-,26-23-,27-24-,28-25-,33-31-,34-32-,37-36-,40-39-,44-43-,47-45-. The zero-order chi connectivity index (χ0) is 59.2. The fourth-order valence-electron chi connectivity index (χ4n) is 9.25. The van der Waals surface area contributed by atoms with Crippen LogP contribution in [-0.4, -0.2) is 37.2 Å². The van der Waals surface area contributed by atoms with Crippen molar-refractivity contribution in [2.24, 2.45) is 0 Å². The van der Waals surface area contributed by atoms with Gasteiger partial charge in [0.2, 0.25) is 0 Å². The highest BCUT2D eigenvalue weighted by atomic mass is 16.6. The van der Waals surface area contributed by atoms with E-state index in [1.807, 2.05) is 0 Å². The predicted octanol–water partition coefficient (Wildman–Crippen LogP) is 23.7. The summed E-state index contributed by atoms with van der Waals surface area (Å²) in [6.07, 6.45) is 97.4. The van der Waals surface area contributed by atoms with Crippen molar-refractivity contribution >= 4 is 17.9 Å². The Bertz CT molecular complexity index is 1730. The van der Waals surface area contributed by atoms with Crippen LogP contribution in [0.3, 0.4) is 0 Å². The van der Waals surface area contributed by atoms with Crippen LogP contribution < -0.4 is 0 Å².